The van der Waals surface area contributed by atoms with Crippen LogP contribution in [0.2, 0.25) is 0 Å². The first kappa shape index (κ1) is 12.6. The molecule has 1 aromatic carbocycles. The summed E-state index contributed by atoms with van der Waals surface area (Å²) >= 11 is 3.08. The lowest BCUT2D eigenvalue weighted by atomic mass is 9.82. The zero-order chi connectivity index (χ0) is 11.6. The summed E-state index contributed by atoms with van der Waals surface area (Å²) < 4.78 is 13.7. The standard InChI is InChI=1S/C11H15BrFNO/c1-11(2,6-15)10(14)7-3-4-8(12)9(13)5-7/h3-5,10,15H,6,14H2,1-2H3/t10-/m0/s1. The molecular weight excluding hydrogens is 261 g/mol. The van der Waals surface area contributed by atoms with Crippen molar-refractivity contribution in [3.05, 3.63) is 34.1 Å². The molecule has 0 aliphatic carbocycles. The Morgan fingerprint density at radius 1 is 1.53 bits per heavy atom. The Bertz CT molecular complexity index is 354. The van der Waals surface area contributed by atoms with Crippen molar-refractivity contribution in [1.29, 1.82) is 0 Å². The normalized spacial score (nSPS) is 14.0. The summed E-state index contributed by atoms with van der Waals surface area (Å²) in [5, 5.41) is 9.17. The first-order valence-corrected chi connectivity index (χ1v) is 5.49. The zero-order valence-corrected chi connectivity index (χ0v) is 10.4. The summed E-state index contributed by atoms with van der Waals surface area (Å²) in [4.78, 5) is 0. The van der Waals surface area contributed by atoms with Crippen molar-refractivity contribution in [2.75, 3.05) is 6.61 Å². The van der Waals surface area contributed by atoms with Crippen LogP contribution in [-0.4, -0.2) is 11.7 Å². The van der Waals surface area contributed by atoms with Gasteiger partial charge in [0.05, 0.1) is 4.47 Å². The van der Waals surface area contributed by atoms with Gasteiger partial charge in [-0.05, 0) is 33.6 Å². The third-order valence-corrected chi connectivity index (χ3v) is 3.20. The van der Waals surface area contributed by atoms with Gasteiger partial charge in [0, 0.05) is 18.1 Å². The van der Waals surface area contributed by atoms with E-state index in [9.17, 15) is 4.39 Å². The van der Waals surface area contributed by atoms with Crippen LogP contribution in [0.1, 0.15) is 25.5 Å². The first-order valence-electron chi connectivity index (χ1n) is 4.70. The predicted octanol–water partition coefficient (Wildman–Crippen LogP) is 2.61. The molecular formula is C11H15BrFNO. The Balaban J connectivity index is 3.02. The molecule has 0 spiro atoms. The van der Waals surface area contributed by atoms with Crippen molar-refractivity contribution in [3.63, 3.8) is 0 Å². The second-order valence-electron chi connectivity index (χ2n) is 4.30. The molecule has 4 heteroatoms. The maximum atomic E-state index is 13.3. The second-order valence-corrected chi connectivity index (χ2v) is 5.15. The van der Waals surface area contributed by atoms with Crippen molar-refractivity contribution in [3.8, 4) is 0 Å². The van der Waals surface area contributed by atoms with Gasteiger partial charge in [-0.15, -0.1) is 0 Å². The summed E-state index contributed by atoms with van der Waals surface area (Å²) in [7, 11) is 0. The van der Waals surface area contributed by atoms with Crippen molar-refractivity contribution < 1.29 is 9.50 Å². The quantitative estimate of drug-likeness (QED) is 0.891. The molecule has 1 atom stereocenters. The minimum absolute atomic E-state index is 0.0359. The molecule has 2 nitrogen and oxygen atoms in total. The number of aliphatic hydroxyl groups excluding tert-OH is 1. The third kappa shape index (κ3) is 2.77. The zero-order valence-electron chi connectivity index (χ0n) is 8.80. The lowest BCUT2D eigenvalue weighted by Crippen LogP contribution is -2.32. The average molecular weight is 276 g/mol. The molecule has 0 fully saturated rings. The lowest BCUT2D eigenvalue weighted by molar-refractivity contribution is 0.132. The summed E-state index contributed by atoms with van der Waals surface area (Å²) in [6.45, 7) is 3.65. The van der Waals surface area contributed by atoms with Gasteiger partial charge in [-0.3, -0.25) is 0 Å². The summed E-state index contributed by atoms with van der Waals surface area (Å²) in [6, 6.07) is 4.39. The third-order valence-electron chi connectivity index (χ3n) is 2.55. The highest BCUT2D eigenvalue weighted by atomic mass is 79.9. The van der Waals surface area contributed by atoms with Gasteiger partial charge < -0.3 is 10.8 Å². The van der Waals surface area contributed by atoms with Crippen molar-refractivity contribution in [2.45, 2.75) is 19.9 Å². The van der Waals surface area contributed by atoms with Crippen LogP contribution in [0, 0.1) is 11.2 Å². The van der Waals surface area contributed by atoms with Crippen LogP contribution in [-0.2, 0) is 0 Å². The number of hydrogen-bond donors (Lipinski definition) is 2. The Kier molecular flexibility index (Phi) is 3.87. The van der Waals surface area contributed by atoms with Crippen LogP contribution in [0.25, 0.3) is 0 Å². The van der Waals surface area contributed by atoms with Crippen LogP contribution in [0.4, 0.5) is 4.39 Å². The fraction of sp³-hybridized carbons (Fsp3) is 0.455. The highest BCUT2D eigenvalue weighted by Gasteiger charge is 2.27. The molecule has 0 aliphatic heterocycles. The van der Waals surface area contributed by atoms with E-state index in [1.165, 1.54) is 6.07 Å². The van der Waals surface area contributed by atoms with Gasteiger partial charge in [0.15, 0.2) is 0 Å². The van der Waals surface area contributed by atoms with Gasteiger partial charge in [0.2, 0.25) is 0 Å². The van der Waals surface area contributed by atoms with E-state index >= 15 is 0 Å². The van der Waals surface area contributed by atoms with Crippen molar-refractivity contribution in [2.24, 2.45) is 11.1 Å². The van der Waals surface area contributed by atoms with E-state index < -0.39 is 5.41 Å². The number of benzene rings is 1. The predicted molar refractivity (Wildman–Crippen MR) is 61.9 cm³/mol. The van der Waals surface area contributed by atoms with Gasteiger partial charge in [-0.2, -0.15) is 0 Å². The minimum atomic E-state index is -0.458. The van der Waals surface area contributed by atoms with E-state index in [1.807, 2.05) is 13.8 Å². The lowest BCUT2D eigenvalue weighted by Gasteiger charge is -2.29. The molecule has 3 N–H and O–H groups in total. The largest absolute Gasteiger partial charge is 0.396 e. The van der Waals surface area contributed by atoms with Crippen LogP contribution < -0.4 is 5.73 Å². The Morgan fingerprint density at radius 2 is 2.13 bits per heavy atom. The van der Waals surface area contributed by atoms with E-state index in [0.29, 0.717) is 10.0 Å². The van der Waals surface area contributed by atoms with E-state index in [2.05, 4.69) is 15.9 Å². The minimum Gasteiger partial charge on any atom is -0.396 e. The summed E-state index contributed by atoms with van der Waals surface area (Å²) in [5.41, 5.74) is 6.19. The molecule has 0 heterocycles. The molecule has 0 aliphatic rings. The monoisotopic (exact) mass is 275 g/mol. The van der Waals surface area contributed by atoms with Gasteiger partial charge in [0.25, 0.3) is 0 Å². The molecule has 0 saturated carbocycles. The van der Waals surface area contributed by atoms with E-state index in [4.69, 9.17) is 10.8 Å². The molecule has 84 valence electrons. The second kappa shape index (κ2) is 4.60. The van der Waals surface area contributed by atoms with Crippen LogP contribution in [0.15, 0.2) is 22.7 Å². The number of aliphatic hydroxyl groups is 1. The van der Waals surface area contributed by atoms with Gasteiger partial charge >= 0.3 is 0 Å². The van der Waals surface area contributed by atoms with Crippen LogP contribution in [0.5, 0.6) is 0 Å². The highest BCUT2D eigenvalue weighted by Crippen LogP contribution is 2.31. The average Bonchev–Trinajstić information content (AvgIpc) is 2.21. The van der Waals surface area contributed by atoms with Crippen molar-refractivity contribution >= 4 is 15.9 Å². The molecule has 1 aromatic rings. The number of hydrogen-bond acceptors (Lipinski definition) is 2. The van der Waals surface area contributed by atoms with E-state index in [0.717, 1.165) is 0 Å². The van der Waals surface area contributed by atoms with Gasteiger partial charge in [0.1, 0.15) is 5.82 Å². The molecule has 15 heavy (non-hydrogen) atoms. The number of halogens is 2. The Morgan fingerprint density at radius 3 is 2.60 bits per heavy atom. The fourth-order valence-corrected chi connectivity index (χ4v) is 1.50. The van der Waals surface area contributed by atoms with Crippen molar-refractivity contribution in [1.82, 2.24) is 0 Å². The van der Waals surface area contributed by atoms with Crippen LogP contribution in [0.3, 0.4) is 0 Å². The number of rotatable bonds is 3. The summed E-state index contributed by atoms with van der Waals surface area (Å²) in [6.07, 6.45) is 0. The molecule has 0 bridgehead atoms. The maximum Gasteiger partial charge on any atom is 0.137 e. The van der Waals surface area contributed by atoms with Gasteiger partial charge in [-0.1, -0.05) is 19.9 Å². The molecule has 0 amide bonds. The molecule has 0 radical (unpaired) electrons. The Labute approximate surface area is 97.4 Å². The molecule has 1 rings (SSSR count). The smallest absolute Gasteiger partial charge is 0.137 e. The maximum absolute atomic E-state index is 13.3. The summed E-state index contributed by atoms with van der Waals surface area (Å²) in [5.74, 6) is -0.336. The number of nitrogens with two attached hydrogens (primary N) is 1. The van der Waals surface area contributed by atoms with Crippen LogP contribution >= 0.6 is 15.9 Å². The SMILES string of the molecule is CC(C)(CO)[C@@H](N)c1ccc(Br)c(F)c1. The fourth-order valence-electron chi connectivity index (χ4n) is 1.26. The molecule has 0 saturated heterocycles. The highest BCUT2D eigenvalue weighted by molar-refractivity contribution is 9.10. The molecule has 0 aromatic heterocycles. The van der Waals surface area contributed by atoms with Gasteiger partial charge in [-0.25, -0.2) is 4.39 Å². The van der Waals surface area contributed by atoms with E-state index in [-0.39, 0.29) is 18.5 Å². The topological polar surface area (TPSA) is 46.2 Å². The van der Waals surface area contributed by atoms with E-state index in [1.54, 1.807) is 12.1 Å². The molecule has 0 unspecified atom stereocenters. The first-order chi connectivity index (χ1) is 6.88. The Hall–Kier alpha value is -0.450.